The van der Waals surface area contributed by atoms with Gasteiger partial charge in [0.25, 0.3) is 11.8 Å². The molecular weight excluding hydrogens is 308 g/mol. The molecule has 0 spiro atoms. The molecule has 4 nitrogen and oxygen atoms in total. The maximum absolute atomic E-state index is 12.4. The maximum Gasteiger partial charge on any atom is 0.261 e. The van der Waals surface area contributed by atoms with Crippen molar-refractivity contribution in [1.82, 2.24) is 9.80 Å². The molecule has 118 valence electrons. The van der Waals surface area contributed by atoms with Gasteiger partial charge in [-0.3, -0.25) is 19.4 Å². The molecule has 5 heteroatoms. The largest absolute Gasteiger partial charge is 0.295 e. The lowest BCUT2D eigenvalue weighted by molar-refractivity contribution is 0.0633. The van der Waals surface area contributed by atoms with E-state index in [0.717, 1.165) is 19.5 Å². The minimum absolute atomic E-state index is 0.156. The Labute approximate surface area is 139 Å². The van der Waals surface area contributed by atoms with E-state index in [-0.39, 0.29) is 11.8 Å². The molecule has 1 aromatic carbocycles. The topological polar surface area (TPSA) is 40.6 Å². The molecule has 2 amide bonds. The monoisotopic (exact) mass is 326 g/mol. The minimum Gasteiger partial charge on any atom is -0.295 e. The van der Waals surface area contributed by atoms with Gasteiger partial charge in [-0.1, -0.05) is 12.1 Å². The Balaban J connectivity index is 1.46. The van der Waals surface area contributed by atoms with Crippen molar-refractivity contribution in [2.75, 3.05) is 19.6 Å². The molecule has 1 aromatic heterocycles. The number of imide groups is 1. The first-order valence-corrected chi connectivity index (χ1v) is 8.91. The number of nitrogens with zero attached hydrogens (tertiary/aromatic N) is 2. The van der Waals surface area contributed by atoms with Crippen molar-refractivity contribution in [3.8, 4) is 0 Å². The van der Waals surface area contributed by atoms with Gasteiger partial charge in [0.2, 0.25) is 0 Å². The van der Waals surface area contributed by atoms with Crippen LogP contribution in [0.25, 0.3) is 0 Å². The predicted octanol–water partition coefficient (Wildman–Crippen LogP) is 3.18. The molecule has 0 bridgehead atoms. The van der Waals surface area contributed by atoms with Crippen LogP contribution in [0.3, 0.4) is 0 Å². The summed E-state index contributed by atoms with van der Waals surface area (Å²) in [6.45, 7) is 2.24. The first-order valence-electron chi connectivity index (χ1n) is 7.97. The molecular formula is C18H18N2O2S. The number of fused-ring (bicyclic) bond motifs is 1. The van der Waals surface area contributed by atoms with Gasteiger partial charge in [0.1, 0.15) is 0 Å². The molecule has 1 atom stereocenters. The van der Waals surface area contributed by atoms with Crippen molar-refractivity contribution in [2.24, 2.45) is 0 Å². The molecule has 0 N–H and O–H groups in total. The van der Waals surface area contributed by atoms with Crippen molar-refractivity contribution in [3.05, 3.63) is 57.8 Å². The number of carbonyl (C=O) groups excluding carboxylic acids is 2. The quantitative estimate of drug-likeness (QED) is 0.810. The van der Waals surface area contributed by atoms with Crippen LogP contribution in [0.5, 0.6) is 0 Å². The molecule has 1 fully saturated rings. The second kappa shape index (κ2) is 5.91. The van der Waals surface area contributed by atoms with Crippen molar-refractivity contribution in [2.45, 2.75) is 18.9 Å². The Morgan fingerprint density at radius 3 is 2.43 bits per heavy atom. The van der Waals surface area contributed by atoms with Gasteiger partial charge in [0.15, 0.2) is 0 Å². The third kappa shape index (κ3) is 2.50. The van der Waals surface area contributed by atoms with Crippen LogP contribution in [-0.4, -0.2) is 41.2 Å². The van der Waals surface area contributed by atoms with Gasteiger partial charge in [0, 0.05) is 19.1 Å². The second-order valence-corrected chi connectivity index (χ2v) is 6.84. The predicted molar refractivity (Wildman–Crippen MR) is 89.7 cm³/mol. The van der Waals surface area contributed by atoms with Gasteiger partial charge in [-0.15, -0.1) is 0 Å². The molecule has 23 heavy (non-hydrogen) atoms. The summed E-state index contributed by atoms with van der Waals surface area (Å²) >= 11 is 1.72. The molecule has 0 aliphatic carbocycles. The van der Waals surface area contributed by atoms with Gasteiger partial charge in [0.05, 0.1) is 11.1 Å². The number of thiophene rings is 1. The van der Waals surface area contributed by atoms with Crippen LogP contribution in [0.2, 0.25) is 0 Å². The van der Waals surface area contributed by atoms with E-state index >= 15 is 0 Å². The highest BCUT2D eigenvalue weighted by atomic mass is 32.1. The first kappa shape index (κ1) is 14.6. The summed E-state index contributed by atoms with van der Waals surface area (Å²) in [6, 6.07) is 9.69. The van der Waals surface area contributed by atoms with Crippen LogP contribution in [0, 0.1) is 0 Å². The molecule has 4 rings (SSSR count). The van der Waals surface area contributed by atoms with Gasteiger partial charge in [-0.2, -0.15) is 11.3 Å². The summed E-state index contributed by atoms with van der Waals surface area (Å²) in [5, 5.41) is 4.31. The number of hydrogen-bond acceptors (Lipinski definition) is 4. The smallest absolute Gasteiger partial charge is 0.261 e. The van der Waals surface area contributed by atoms with Crippen LogP contribution < -0.4 is 0 Å². The summed E-state index contributed by atoms with van der Waals surface area (Å²) < 4.78 is 0. The SMILES string of the molecule is O=C1c2ccccc2C(=O)N1CCN1CCC[C@@H]1c1ccsc1. The summed E-state index contributed by atoms with van der Waals surface area (Å²) in [5.41, 5.74) is 2.43. The van der Waals surface area contributed by atoms with E-state index in [2.05, 4.69) is 21.7 Å². The Bertz CT molecular complexity index is 706. The van der Waals surface area contributed by atoms with Crippen LogP contribution in [0.4, 0.5) is 0 Å². The highest BCUT2D eigenvalue weighted by Gasteiger charge is 2.36. The van der Waals surface area contributed by atoms with Crippen LogP contribution in [0.15, 0.2) is 41.1 Å². The lowest BCUT2D eigenvalue weighted by Crippen LogP contribution is -2.38. The molecule has 0 saturated carbocycles. The van der Waals surface area contributed by atoms with E-state index in [0.29, 0.717) is 23.7 Å². The Kier molecular flexibility index (Phi) is 3.75. The van der Waals surface area contributed by atoms with Crippen molar-refractivity contribution >= 4 is 23.2 Å². The van der Waals surface area contributed by atoms with Crippen molar-refractivity contribution in [1.29, 1.82) is 0 Å². The normalized spacial score (nSPS) is 21.2. The fraction of sp³-hybridized carbons (Fsp3) is 0.333. The summed E-state index contributed by atoms with van der Waals surface area (Å²) in [5.74, 6) is -0.311. The summed E-state index contributed by atoms with van der Waals surface area (Å²) in [6.07, 6.45) is 2.32. The van der Waals surface area contributed by atoms with Crippen LogP contribution in [0.1, 0.15) is 45.2 Å². The van der Waals surface area contributed by atoms with E-state index < -0.39 is 0 Å². The lowest BCUT2D eigenvalue weighted by atomic mass is 10.1. The van der Waals surface area contributed by atoms with Crippen molar-refractivity contribution < 1.29 is 9.59 Å². The number of benzene rings is 1. The summed E-state index contributed by atoms with van der Waals surface area (Å²) in [7, 11) is 0. The molecule has 2 aliphatic heterocycles. The van der Waals surface area contributed by atoms with Crippen molar-refractivity contribution in [3.63, 3.8) is 0 Å². The zero-order chi connectivity index (χ0) is 15.8. The van der Waals surface area contributed by atoms with Gasteiger partial charge < -0.3 is 0 Å². The molecule has 0 radical (unpaired) electrons. The minimum atomic E-state index is -0.156. The number of hydrogen-bond donors (Lipinski definition) is 0. The highest BCUT2D eigenvalue weighted by molar-refractivity contribution is 7.07. The molecule has 1 saturated heterocycles. The zero-order valence-corrected chi connectivity index (χ0v) is 13.6. The fourth-order valence-electron chi connectivity index (χ4n) is 3.61. The molecule has 2 aromatic rings. The first-order chi connectivity index (χ1) is 11.3. The molecule has 3 heterocycles. The Hall–Kier alpha value is -1.98. The molecule has 2 aliphatic rings. The Morgan fingerprint density at radius 2 is 1.78 bits per heavy atom. The molecule has 0 unspecified atom stereocenters. The van der Waals surface area contributed by atoms with E-state index in [1.165, 1.54) is 16.9 Å². The van der Waals surface area contributed by atoms with E-state index in [9.17, 15) is 9.59 Å². The maximum atomic E-state index is 12.4. The van der Waals surface area contributed by atoms with E-state index in [4.69, 9.17) is 0 Å². The van der Waals surface area contributed by atoms with Gasteiger partial charge in [-0.25, -0.2) is 0 Å². The van der Waals surface area contributed by atoms with Gasteiger partial charge in [-0.05, 0) is 53.9 Å². The average molecular weight is 326 g/mol. The van der Waals surface area contributed by atoms with Crippen LogP contribution >= 0.6 is 11.3 Å². The standard InChI is InChI=1S/C18H18N2O2S/c21-17-14-4-1-2-5-15(14)18(22)20(17)10-9-19-8-3-6-16(19)13-7-11-23-12-13/h1-2,4-5,7,11-12,16H,3,6,8-10H2/t16-/m1/s1. The summed E-state index contributed by atoms with van der Waals surface area (Å²) in [4.78, 5) is 28.6. The lowest BCUT2D eigenvalue weighted by Gasteiger charge is -2.26. The Morgan fingerprint density at radius 1 is 1.04 bits per heavy atom. The third-order valence-electron chi connectivity index (χ3n) is 4.78. The van der Waals surface area contributed by atoms with Crippen LogP contribution in [-0.2, 0) is 0 Å². The fourth-order valence-corrected chi connectivity index (χ4v) is 4.31. The number of carbonyl (C=O) groups is 2. The second-order valence-electron chi connectivity index (χ2n) is 6.06. The van der Waals surface area contributed by atoms with Gasteiger partial charge >= 0.3 is 0 Å². The highest BCUT2D eigenvalue weighted by Crippen LogP contribution is 2.33. The van der Waals surface area contributed by atoms with E-state index in [1.54, 1.807) is 35.6 Å². The zero-order valence-electron chi connectivity index (χ0n) is 12.8. The third-order valence-corrected chi connectivity index (χ3v) is 5.48. The number of likely N-dealkylation sites (tertiary alicyclic amines) is 1. The van der Waals surface area contributed by atoms with E-state index in [1.807, 2.05) is 0 Å². The number of rotatable bonds is 4. The average Bonchev–Trinajstić information content (AvgIpc) is 3.28. The number of amides is 2.